The molecule has 8 rings (SSSR count). The third-order valence-corrected chi connectivity index (χ3v) is 12.5. The summed E-state index contributed by atoms with van der Waals surface area (Å²) in [5.41, 5.74) is 25.3. The predicted octanol–water partition coefficient (Wildman–Crippen LogP) is 16.0. The summed E-state index contributed by atoms with van der Waals surface area (Å²) >= 11 is 0. The number of aryl methyl sites for hydroxylation is 4. The van der Waals surface area contributed by atoms with Gasteiger partial charge in [-0.1, -0.05) is 162 Å². The molecule has 60 heavy (non-hydrogen) atoms. The summed E-state index contributed by atoms with van der Waals surface area (Å²) in [5.74, 6) is 0. The van der Waals surface area contributed by atoms with Crippen LogP contribution in [0.1, 0.15) is 86.3 Å². The summed E-state index contributed by atoms with van der Waals surface area (Å²) in [5, 5.41) is 0. The largest absolute Gasteiger partial charge is 0.320 e. The van der Waals surface area contributed by atoms with Crippen LogP contribution in [-0.2, 0) is 10.8 Å². The van der Waals surface area contributed by atoms with Gasteiger partial charge in [0.1, 0.15) is 0 Å². The first-order valence-electron chi connectivity index (χ1n) is 21.5. The Morgan fingerprint density at radius 3 is 1.03 bits per heavy atom. The average molecular weight is 785 g/mol. The Bertz CT molecular complexity index is 2660. The van der Waals surface area contributed by atoms with Crippen LogP contribution in [0, 0.1) is 41.5 Å². The molecule has 2 heterocycles. The molecule has 0 aliphatic carbocycles. The minimum absolute atomic E-state index is 0.106. The highest BCUT2D eigenvalue weighted by Gasteiger charge is 2.22. The highest BCUT2D eigenvalue weighted by Crippen LogP contribution is 2.43. The molecule has 0 N–H and O–H groups in total. The van der Waals surface area contributed by atoms with Gasteiger partial charge in [-0.15, -0.1) is 0 Å². The molecule has 0 unspecified atom stereocenters. The molecule has 0 radical (unpaired) electrons. The van der Waals surface area contributed by atoms with Crippen molar-refractivity contribution in [1.82, 2.24) is 9.13 Å². The van der Waals surface area contributed by atoms with Gasteiger partial charge in [-0.25, -0.2) is 0 Å². The van der Waals surface area contributed by atoms with Crippen molar-refractivity contribution in [1.29, 1.82) is 0 Å². The van der Waals surface area contributed by atoms with Crippen molar-refractivity contribution in [3.63, 3.8) is 0 Å². The number of benzene rings is 6. The van der Waals surface area contributed by atoms with E-state index in [1.54, 1.807) is 0 Å². The van der Waals surface area contributed by atoms with Gasteiger partial charge in [-0.3, -0.25) is 0 Å². The Hall–Kier alpha value is -6.12. The van der Waals surface area contributed by atoms with Gasteiger partial charge in [0, 0.05) is 57.4 Å². The third-order valence-electron chi connectivity index (χ3n) is 12.5. The summed E-state index contributed by atoms with van der Waals surface area (Å²) in [4.78, 5) is 0. The van der Waals surface area contributed by atoms with Crippen molar-refractivity contribution in [3.8, 4) is 67.0 Å². The number of hydrogen-bond acceptors (Lipinski definition) is 0. The zero-order valence-electron chi connectivity index (χ0n) is 37.8. The molecule has 302 valence electrons. The third kappa shape index (κ3) is 7.72. The minimum Gasteiger partial charge on any atom is -0.320 e. The molecule has 0 fully saturated rings. The van der Waals surface area contributed by atoms with Crippen molar-refractivity contribution in [2.24, 2.45) is 0 Å². The van der Waals surface area contributed by atoms with Crippen LogP contribution in [0.2, 0.25) is 0 Å². The topological polar surface area (TPSA) is 9.86 Å². The Labute approximate surface area is 359 Å². The number of hydrogen-bond donors (Lipinski definition) is 0. The Morgan fingerprint density at radius 1 is 0.350 bits per heavy atom. The molecule has 6 aromatic carbocycles. The molecule has 0 aliphatic heterocycles. The van der Waals surface area contributed by atoms with E-state index < -0.39 is 0 Å². The Kier molecular flexibility index (Phi) is 10.5. The lowest BCUT2D eigenvalue weighted by molar-refractivity contribution is 0.590. The summed E-state index contributed by atoms with van der Waals surface area (Å²) in [6.07, 6.45) is 4.66. The van der Waals surface area contributed by atoms with Gasteiger partial charge < -0.3 is 9.13 Å². The Balaban J connectivity index is 1.19. The lowest BCUT2D eigenvalue weighted by atomic mass is 9.87. The van der Waals surface area contributed by atoms with Crippen molar-refractivity contribution in [2.45, 2.75) is 93.9 Å². The highest BCUT2D eigenvalue weighted by molar-refractivity contribution is 5.90. The van der Waals surface area contributed by atoms with Gasteiger partial charge in [0.25, 0.3) is 0 Å². The quantitative estimate of drug-likeness (QED) is 0.152. The van der Waals surface area contributed by atoms with Gasteiger partial charge in [0.2, 0.25) is 0 Å². The van der Waals surface area contributed by atoms with Crippen LogP contribution >= 0.6 is 0 Å². The van der Waals surface area contributed by atoms with Crippen LogP contribution in [0.5, 0.6) is 0 Å². The maximum absolute atomic E-state index is 2.39. The first-order valence-corrected chi connectivity index (χ1v) is 21.5. The van der Waals surface area contributed by atoms with E-state index in [0.717, 1.165) is 0 Å². The van der Waals surface area contributed by atoms with E-state index in [-0.39, 0.29) is 10.8 Å². The normalized spacial score (nSPS) is 12.0. The Morgan fingerprint density at radius 2 is 0.717 bits per heavy atom. The molecule has 0 aliphatic rings. The molecule has 0 saturated heterocycles. The molecule has 2 nitrogen and oxygen atoms in total. The molecule has 0 spiro atoms. The fourth-order valence-electron chi connectivity index (χ4n) is 9.03. The van der Waals surface area contributed by atoms with Crippen LogP contribution < -0.4 is 0 Å². The summed E-state index contributed by atoms with van der Waals surface area (Å²) < 4.78 is 4.74. The molecule has 2 aromatic heterocycles. The number of nitrogens with zero attached hydrogens (tertiary/aromatic N) is 2. The fourth-order valence-corrected chi connectivity index (χ4v) is 9.03. The monoisotopic (exact) mass is 784 g/mol. The van der Waals surface area contributed by atoms with E-state index in [4.69, 9.17) is 0 Å². The first kappa shape index (κ1) is 40.7. The van der Waals surface area contributed by atoms with E-state index in [1.807, 2.05) is 0 Å². The van der Waals surface area contributed by atoms with Gasteiger partial charge in [0.15, 0.2) is 0 Å². The van der Waals surface area contributed by atoms with Gasteiger partial charge >= 0.3 is 0 Å². The van der Waals surface area contributed by atoms with Gasteiger partial charge in [0.05, 0.1) is 0 Å². The van der Waals surface area contributed by atoms with E-state index in [2.05, 4.69) is 238 Å². The van der Waals surface area contributed by atoms with Crippen LogP contribution in [0.25, 0.3) is 67.0 Å². The van der Waals surface area contributed by atoms with Crippen LogP contribution in [0.3, 0.4) is 0 Å². The second-order valence-corrected chi connectivity index (χ2v) is 19.1. The van der Waals surface area contributed by atoms with E-state index in [0.29, 0.717) is 0 Å². The number of aromatic nitrogens is 2. The molecular formula is C58H60N2. The van der Waals surface area contributed by atoms with Crippen molar-refractivity contribution in [2.75, 3.05) is 0 Å². The minimum atomic E-state index is 0.106. The highest BCUT2D eigenvalue weighted by atomic mass is 15.0. The zero-order chi connectivity index (χ0) is 42.7. The van der Waals surface area contributed by atoms with Crippen LogP contribution in [0.15, 0.2) is 146 Å². The maximum Gasteiger partial charge on any atom is 0.0452 e. The lowest BCUT2D eigenvalue weighted by Gasteiger charge is -2.19. The summed E-state index contributed by atoms with van der Waals surface area (Å²) in [6.45, 7) is 27.0. The van der Waals surface area contributed by atoms with E-state index in [1.165, 1.54) is 112 Å². The molecule has 8 aromatic rings. The first-order chi connectivity index (χ1) is 28.5. The van der Waals surface area contributed by atoms with Crippen molar-refractivity contribution >= 4 is 0 Å². The van der Waals surface area contributed by atoms with E-state index in [9.17, 15) is 0 Å². The summed E-state index contributed by atoms with van der Waals surface area (Å²) in [7, 11) is 0. The van der Waals surface area contributed by atoms with Crippen molar-refractivity contribution < 1.29 is 0 Å². The standard InChI is InChI=1S/C58H60N2/c1-37-15-13-17-43(31-37)53-35-59(49-25-21-47(22-26-49)57(7,8)9)41(5)55(53)45-19-29-51(39(3)33-45)52-30-20-46(34-40(52)4)56-42(6)60(36-54(56)44-18-14-16-38(2)32-44)50-27-23-48(24-28-50)58(10,11)12/h13-36H,1-12H3. The van der Waals surface area contributed by atoms with Gasteiger partial charge in [-0.05, 0) is 132 Å². The molecular weight excluding hydrogens is 725 g/mol. The van der Waals surface area contributed by atoms with Crippen LogP contribution in [0.4, 0.5) is 0 Å². The molecule has 0 amide bonds. The fraction of sp³-hybridized carbons (Fsp3) is 0.241. The second-order valence-electron chi connectivity index (χ2n) is 19.1. The SMILES string of the molecule is Cc1cccc(-c2cn(-c3ccc(C(C)(C)C)cc3)c(C)c2-c2ccc(-c3ccc(-c4c(-c5cccc(C)c5)cn(-c5ccc(C(C)(C)C)cc5)c4C)cc3C)c(C)c2)c1. The average Bonchev–Trinajstić information content (AvgIpc) is 3.74. The lowest BCUT2D eigenvalue weighted by Crippen LogP contribution is -2.10. The molecule has 0 atom stereocenters. The second kappa shape index (κ2) is 15.5. The molecule has 0 bridgehead atoms. The molecule has 0 saturated carbocycles. The van der Waals surface area contributed by atoms with Crippen molar-refractivity contribution in [3.05, 3.63) is 191 Å². The number of rotatable bonds is 7. The predicted molar refractivity (Wildman–Crippen MR) is 258 cm³/mol. The van der Waals surface area contributed by atoms with E-state index >= 15 is 0 Å². The van der Waals surface area contributed by atoms with Gasteiger partial charge in [-0.2, -0.15) is 0 Å². The maximum atomic E-state index is 2.39. The van der Waals surface area contributed by atoms with Crippen LogP contribution in [-0.4, -0.2) is 9.13 Å². The summed E-state index contributed by atoms with van der Waals surface area (Å²) in [6, 6.07) is 50.1. The molecule has 2 heteroatoms. The smallest absolute Gasteiger partial charge is 0.0452 e. The zero-order valence-corrected chi connectivity index (χ0v) is 37.8.